The summed E-state index contributed by atoms with van der Waals surface area (Å²) in [5, 5.41) is 20.3. The van der Waals surface area contributed by atoms with Crippen LogP contribution in [0.5, 0.6) is 5.75 Å². The van der Waals surface area contributed by atoms with Crippen LogP contribution in [0.25, 0.3) is 0 Å². The molecule has 1 N–H and O–H groups in total. The Morgan fingerprint density at radius 1 is 1.27 bits per heavy atom. The van der Waals surface area contributed by atoms with Crippen molar-refractivity contribution in [3.63, 3.8) is 0 Å². The SMILES string of the molecule is Cc1cc(C)c(O)c(C=Nc2sc3c(c2C#N)CCCC3)c1. The highest BCUT2D eigenvalue weighted by atomic mass is 32.1. The number of aryl methyl sites for hydroxylation is 3. The van der Waals surface area contributed by atoms with Gasteiger partial charge in [-0.25, -0.2) is 4.99 Å². The second-order valence-corrected chi connectivity index (χ2v) is 6.86. The summed E-state index contributed by atoms with van der Waals surface area (Å²) in [6.07, 6.45) is 6.06. The standard InChI is InChI=1S/C18H18N2OS/c1-11-7-12(2)17(21)13(8-11)10-20-18-15(9-19)14-5-3-4-6-16(14)22-18/h7-8,10,21H,3-6H2,1-2H3. The molecule has 3 nitrogen and oxygen atoms in total. The van der Waals surface area contributed by atoms with Crippen LogP contribution in [0, 0.1) is 25.2 Å². The van der Waals surface area contributed by atoms with Crippen LogP contribution in [0.15, 0.2) is 17.1 Å². The minimum atomic E-state index is 0.258. The summed E-state index contributed by atoms with van der Waals surface area (Å²) in [5.41, 5.74) is 4.54. The third kappa shape index (κ3) is 2.65. The van der Waals surface area contributed by atoms with E-state index in [0.717, 1.165) is 41.0 Å². The van der Waals surface area contributed by atoms with Gasteiger partial charge in [0.1, 0.15) is 16.8 Å². The molecule has 4 heteroatoms. The van der Waals surface area contributed by atoms with E-state index in [2.05, 4.69) is 11.1 Å². The fourth-order valence-electron chi connectivity index (χ4n) is 2.98. The van der Waals surface area contributed by atoms with Crippen LogP contribution in [-0.2, 0) is 12.8 Å². The predicted molar refractivity (Wildman–Crippen MR) is 90.5 cm³/mol. The number of hydrogen-bond acceptors (Lipinski definition) is 4. The van der Waals surface area contributed by atoms with E-state index in [4.69, 9.17) is 0 Å². The Bertz CT molecular complexity index is 796. The van der Waals surface area contributed by atoms with Crippen molar-refractivity contribution in [1.82, 2.24) is 0 Å². The molecule has 0 bridgehead atoms. The molecule has 1 aromatic heterocycles. The van der Waals surface area contributed by atoms with Crippen molar-refractivity contribution in [2.75, 3.05) is 0 Å². The number of phenols is 1. The van der Waals surface area contributed by atoms with Crippen molar-refractivity contribution in [3.05, 3.63) is 44.8 Å². The van der Waals surface area contributed by atoms with Crippen molar-refractivity contribution in [2.45, 2.75) is 39.5 Å². The summed E-state index contributed by atoms with van der Waals surface area (Å²) in [7, 11) is 0. The quantitative estimate of drug-likeness (QED) is 0.826. The maximum atomic E-state index is 10.1. The van der Waals surface area contributed by atoms with Crippen LogP contribution in [0.3, 0.4) is 0 Å². The number of phenolic OH excluding ortho intramolecular Hbond substituents is 1. The van der Waals surface area contributed by atoms with Gasteiger partial charge in [-0.3, -0.25) is 0 Å². The topological polar surface area (TPSA) is 56.4 Å². The summed E-state index contributed by atoms with van der Waals surface area (Å²) in [4.78, 5) is 5.81. The Morgan fingerprint density at radius 3 is 2.82 bits per heavy atom. The summed E-state index contributed by atoms with van der Waals surface area (Å²) in [6.45, 7) is 3.87. The van der Waals surface area contributed by atoms with Crippen molar-refractivity contribution >= 4 is 22.6 Å². The molecule has 0 amide bonds. The molecule has 1 aromatic carbocycles. The van der Waals surface area contributed by atoms with Crippen LogP contribution in [0.4, 0.5) is 5.00 Å². The maximum absolute atomic E-state index is 10.1. The second-order valence-electron chi connectivity index (χ2n) is 5.78. The zero-order chi connectivity index (χ0) is 15.7. The lowest BCUT2D eigenvalue weighted by Crippen LogP contribution is -1.99. The van der Waals surface area contributed by atoms with Crippen molar-refractivity contribution in [2.24, 2.45) is 4.99 Å². The van der Waals surface area contributed by atoms with Crippen LogP contribution < -0.4 is 0 Å². The molecule has 2 aromatic rings. The first-order chi connectivity index (χ1) is 10.6. The van der Waals surface area contributed by atoms with Gasteiger partial charge in [-0.2, -0.15) is 5.26 Å². The Morgan fingerprint density at radius 2 is 2.05 bits per heavy atom. The number of nitriles is 1. The smallest absolute Gasteiger partial charge is 0.134 e. The molecular formula is C18H18N2OS. The molecule has 22 heavy (non-hydrogen) atoms. The van der Waals surface area contributed by atoms with Gasteiger partial charge in [0.25, 0.3) is 0 Å². The average molecular weight is 310 g/mol. The molecule has 0 radical (unpaired) electrons. The van der Waals surface area contributed by atoms with E-state index in [-0.39, 0.29) is 5.75 Å². The summed E-state index contributed by atoms with van der Waals surface area (Å²) in [5.74, 6) is 0.258. The highest BCUT2D eigenvalue weighted by Gasteiger charge is 2.20. The monoisotopic (exact) mass is 310 g/mol. The molecule has 0 atom stereocenters. The molecule has 1 aliphatic carbocycles. The number of fused-ring (bicyclic) bond motifs is 1. The highest BCUT2D eigenvalue weighted by molar-refractivity contribution is 7.16. The second kappa shape index (κ2) is 5.94. The molecule has 0 spiro atoms. The third-order valence-electron chi connectivity index (χ3n) is 4.06. The van der Waals surface area contributed by atoms with Crippen molar-refractivity contribution in [3.8, 4) is 11.8 Å². The van der Waals surface area contributed by atoms with Gasteiger partial charge < -0.3 is 5.11 Å². The summed E-state index contributed by atoms with van der Waals surface area (Å²) < 4.78 is 0. The number of rotatable bonds is 2. The Hall–Kier alpha value is -2.12. The van der Waals surface area contributed by atoms with Gasteiger partial charge in [0.05, 0.1) is 5.56 Å². The minimum Gasteiger partial charge on any atom is -0.507 e. The van der Waals surface area contributed by atoms with Crippen LogP contribution in [0.2, 0.25) is 0 Å². The molecule has 0 aliphatic heterocycles. The Balaban J connectivity index is 2.00. The van der Waals surface area contributed by atoms with E-state index < -0.39 is 0 Å². The third-order valence-corrected chi connectivity index (χ3v) is 5.26. The van der Waals surface area contributed by atoms with Crippen LogP contribution in [0.1, 0.15) is 45.5 Å². The number of benzene rings is 1. The zero-order valence-electron chi connectivity index (χ0n) is 12.8. The van der Waals surface area contributed by atoms with Crippen molar-refractivity contribution < 1.29 is 5.11 Å². The zero-order valence-corrected chi connectivity index (χ0v) is 13.6. The lowest BCUT2D eigenvalue weighted by atomic mass is 9.96. The number of aliphatic imine (C=N–C) groups is 1. The molecule has 3 rings (SSSR count). The van der Waals surface area contributed by atoms with E-state index in [0.29, 0.717) is 5.56 Å². The summed E-state index contributed by atoms with van der Waals surface area (Å²) in [6, 6.07) is 6.16. The van der Waals surface area contributed by atoms with Gasteiger partial charge in [-0.1, -0.05) is 6.07 Å². The van der Waals surface area contributed by atoms with E-state index in [1.807, 2.05) is 26.0 Å². The number of aromatic hydroxyl groups is 1. The van der Waals surface area contributed by atoms with Gasteiger partial charge in [-0.15, -0.1) is 11.3 Å². The van der Waals surface area contributed by atoms with Gasteiger partial charge >= 0.3 is 0 Å². The normalized spacial score (nSPS) is 14.0. The Labute approximate surface area is 134 Å². The average Bonchev–Trinajstić information content (AvgIpc) is 2.86. The minimum absolute atomic E-state index is 0.258. The predicted octanol–water partition coefficient (Wildman–Crippen LogP) is 4.57. The van der Waals surface area contributed by atoms with Gasteiger partial charge in [0, 0.05) is 16.7 Å². The van der Waals surface area contributed by atoms with E-state index in [1.54, 1.807) is 17.6 Å². The summed E-state index contributed by atoms with van der Waals surface area (Å²) >= 11 is 1.62. The molecule has 1 aliphatic rings. The van der Waals surface area contributed by atoms with E-state index in [9.17, 15) is 10.4 Å². The fourth-order valence-corrected chi connectivity index (χ4v) is 4.16. The molecular weight excluding hydrogens is 292 g/mol. The van der Waals surface area contributed by atoms with E-state index >= 15 is 0 Å². The molecule has 0 saturated carbocycles. The first kappa shape index (κ1) is 14.8. The number of nitrogens with zero attached hydrogens (tertiary/aromatic N) is 2. The van der Waals surface area contributed by atoms with Gasteiger partial charge in [-0.05, 0) is 62.3 Å². The first-order valence-electron chi connectivity index (χ1n) is 7.49. The molecule has 0 saturated heterocycles. The van der Waals surface area contributed by atoms with Crippen LogP contribution >= 0.6 is 11.3 Å². The molecule has 1 heterocycles. The highest BCUT2D eigenvalue weighted by Crippen LogP contribution is 2.39. The Kier molecular flexibility index (Phi) is 4.00. The van der Waals surface area contributed by atoms with E-state index in [1.165, 1.54) is 16.9 Å². The van der Waals surface area contributed by atoms with Gasteiger partial charge in [0.15, 0.2) is 0 Å². The largest absolute Gasteiger partial charge is 0.507 e. The van der Waals surface area contributed by atoms with Crippen molar-refractivity contribution in [1.29, 1.82) is 5.26 Å². The van der Waals surface area contributed by atoms with Gasteiger partial charge in [0.2, 0.25) is 0 Å². The van der Waals surface area contributed by atoms with Crippen LogP contribution in [-0.4, -0.2) is 11.3 Å². The lowest BCUT2D eigenvalue weighted by Gasteiger charge is -2.09. The molecule has 0 fully saturated rings. The maximum Gasteiger partial charge on any atom is 0.134 e. The fraction of sp³-hybridized carbons (Fsp3) is 0.333. The molecule has 112 valence electrons. The lowest BCUT2D eigenvalue weighted by molar-refractivity contribution is 0.470. The first-order valence-corrected chi connectivity index (χ1v) is 8.30. The number of hydrogen-bond donors (Lipinski definition) is 1. The molecule has 0 unspecified atom stereocenters. The number of thiophene rings is 1.